The van der Waals surface area contributed by atoms with Gasteiger partial charge in [-0.05, 0) is 30.3 Å². The largest absolute Gasteiger partial charge is 0.389 e. The Bertz CT molecular complexity index is 559. The van der Waals surface area contributed by atoms with Gasteiger partial charge in [-0.15, -0.1) is 0 Å². The van der Waals surface area contributed by atoms with Crippen molar-refractivity contribution in [1.82, 2.24) is 10.2 Å². The highest BCUT2D eigenvalue weighted by Crippen LogP contribution is 2.21. The maximum Gasteiger partial charge on any atom is 0.106 e. The van der Waals surface area contributed by atoms with E-state index in [9.17, 15) is 0 Å². The van der Waals surface area contributed by atoms with Gasteiger partial charge in [-0.25, -0.2) is 0 Å². The quantitative estimate of drug-likeness (QED) is 0.847. The summed E-state index contributed by atoms with van der Waals surface area (Å²) in [5.74, 6) is 0. The Balaban J connectivity index is 2.18. The molecular formula is C12H11BrN4S. The Labute approximate surface area is 119 Å². The molecular weight excluding hydrogens is 312 g/mol. The van der Waals surface area contributed by atoms with Gasteiger partial charge in [0.05, 0.1) is 12.2 Å². The van der Waals surface area contributed by atoms with Gasteiger partial charge >= 0.3 is 0 Å². The Kier molecular flexibility index (Phi) is 4.22. The van der Waals surface area contributed by atoms with E-state index in [1.54, 1.807) is 6.20 Å². The van der Waals surface area contributed by atoms with Crippen molar-refractivity contribution in [2.24, 2.45) is 5.73 Å². The van der Waals surface area contributed by atoms with E-state index in [1.165, 1.54) is 0 Å². The van der Waals surface area contributed by atoms with Crippen molar-refractivity contribution in [2.75, 3.05) is 5.32 Å². The lowest BCUT2D eigenvalue weighted by Crippen LogP contribution is -2.13. The minimum Gasteiger partial charge on any atom is -0.389 e. The molecule has 1 aromatic carbocycles. The Morgan fingerprint density at radius 1 is 1.39 bits per heavy atom. The average Bonchev–Trinajstić information content (AvgIpc) is 2.37. The van der Waals surface area contributed by atoms with Gasteiger partial charge in [0.25, 0.3) is 0 Å². The molecule has 2 aromatic rings. The van der Waals surface area contributed by atoms with Crippen molar-refractivity contribution >= 4 is 38.8 Å². The van der Waals surface area contributed by atoms with Crippen LogP contribution in [0.4, 0.5) is 5.69 Å². The normalized spacial score (nSPS) is 10.1. The Morgan fingerprint density at radius 2 is 2.22 bits per heavy atom. The van der Waals surface area contributed by atoms with Crippen LogP contribution in [0.5, 0.6) is 0 Å². The highest BCUT2D eigenvalue weighted by Gasteiger charge is 2.06. The predicted molar refractivity (Wildman–Crippen MR) is 79.4 cm³/mol. The van der Waals surface area contributed by atoms with Crippen LogP contribution < -0.4 is 11.1 Å². The van der Waals surface area contributed by atoms with Crippen LogP contribution >= 0.6 is 28.1 Å². The zero-order chi connectivity index (χ0) is 13.0. The fraction of sp³-hybridized carbons (Fsp3) is 0.0833. The van der Waals surface area contributed by atoms with Crippen molar-refractivity contribution in [1.29, 1.82) is 0 Å². The molecule has 0 amide bonds. The van der Waals surface area contributed by atoms with Gasteiger partial charge in [-0.3, -0.25) is 0 Å². The van der Waals surface area contributed by atoms with Crippen molar-refractivity contribution < 1.29 is 0 Å². The zero-order valence-electron chi connectivity index (χ0n) is 9.43. The summed E-state index contributed by atoms with van der Waals surface area (Å²) in [5, 5.41) is 11.1. The number of thiocarbonyl (C=S) groups is 1. The summed E-state index contributed by atoms with van der Waals surface area (Å²) in [5.41, 5.74) is 8.23. The van der Waals surface area contributed by atoms with E-state index in [2.05, 4.69) is 31.4 Å². The summed E-state index contributed by atoms with van der Waals surface area (Å²) in [6.07, 6.45) is 1.64. The third kappa shape index (κ3) is 3.24. The second-order valence-corrected chi connectivity index (χ2v) is 4.98. The summed E-state index contributed by atoms with van der Waals surface area (Å²) < 4.78 is 0.962. The van der Waals surface area contributed by atoms with E-state index >= 15 is 0 Å². The molecule has 4 nitrogen and oxygen atoms in total. The van der Waals surface area contributed by atoms with Crippen molar-refractivity contribution in [2.45, 2.75) is 6.54 Å². The number of aromatic nitrogens is 2. The highest BCUT2D eigenvalue weighted by molar-refractivity contribution is 9.10. The number of nitrogens with two attached hydrogens (primary N) is 1. The molecule has 2 rings (SSSR count). The first-order chi connectivity index (χ1) is 8.66. The molecule has 3 N–H and O–H groups in total. The van der Waals surface area contributed by atoms with E-state index in [4.69, 9.17) is 18.0 Å². The van der Waals surface area contributed by atoms with Gasteiger partial charge in [0.1, 0.15) is 4.99 Å². The number of nitrogens with one attached hydrogen (secondary N) is 1. The third-order valence-corrected chi connectivity index (χ3v) is 3.05. The predicted octanol–water partition coefficient (Wildman–Crippen LogP) is 2.49. The van der Waals surface area contributed by atoms with E-state index in [-0.39, 0.29) is 0 Å². The fourth-order valence-electron chi connectivity index (χ4n) is 1.49. The standard InChI is InChI=1S/C12H11BrN4S/c13-8-3-4-10(12(14)18)11(6-8)15-7-9-2-1-5-16-17-9/h1-6,15H,7H2,(H2,14,18). The van der Waals surface area contributed by atoms with Crippen LogP contribution in [0.25, 0.3) is 0 Å². The number of hydrogen-bond donors (Lipinski definition) is 2. The molecule has 1 heterocycles. The van der Waals surface area contributed by atoms with Crippen molar-refractivity contribution in [3.05, 3.63) is 52.3 Å². The Morgan fingerprint density at radius 3 is 2.89 bits per heavy atom. The molecule has 0 spiro atoms. The summed E-state index contributed by atoms with van der Waals surface area (Å²) >= 11 is 8.44. The molecule has 0 radical (unpaired) electrons. The summed E-state index contributed by atoms with van der Waals surface area (Å²) in [6.45, 7) is 0.569. The van der Waals surface area contributed by atoms with Crippen LogP contribution in [0.2, 0.25) is 0 Å². The average molecular weight is 323 g/mol. The molecule has 1 aromatic heterocycles. The molecule has 0 unspecified atom stereocenters. The second-order valence-electron chi connectivity index (χ2n) is 3.62. The minimum atomic E-state index is 0.365. The first kappa shape index (κ1) is 12.9. The Hall–Kier alpha value is -1.53. The van der Waals surface area contributed by atoms with Gasteiger partial charge < -0.3 is 11.1 Å². The van der Waals surface area contributed by atoms with Crippen LogP contribution in [0.3, 0.4) is 0 Å². The molecule has 0 aliphatic rings. The van der Waals surface area contributed by atoms with Gasteiger partial charge in [0.2, 0.25) is 0 Å². The van der Waals surface area contributed by atoms with Crippen molar-refractivity contribution in [3.63, 3.8) is 0 Å². The lowest BCUT2D eigenvalue weighted by molar-refractivity contribution is 0.925. The number of anilines is 1. The highest BCUT2D eigenvalue weighted by atomic mass is 79.9. The molecule has 18 heavy (non-hydrogen) atoms. The minimum absolute atomic E-state index is 0.365. The molecule has 6 heteroatoms. The van der Waals surface area contributed by atoms with Gasteiger partial charge in [0, 0.05) is 21.9 Å². The number of benzene rings is 1. The molecule has 92 valence electrons. The topological polar surface area (TPSA) is 63.8 Å². The SMILES string of the molecule is NC(=S)c1ccc(Br)cc1NCc1cccnn1. The van der Waals surface area contributed by atoms with Crippen LogP contribution in [-0.4, -0.2) is 15.2 Å². The van der Waals surface area contributed by atoms with Crippen LogP contribution in [0, 0.1) is 0 Å². The summed E-state index contributed by atoms with van der Waals surface area (Å²) in [7, 11) is 0. The maximum absolute atomic E-state index is 5.68. The molecule has 0 aliphatic heterocycles. The van der Waals surface area contributed by atoms with Crippen LogP contribution in [0.1, 0.15) is 11.3 Å². The third-order valence-electron chi connectivity index (χ3n) is 2.33. The first-order valence-corrected chi connectivity index (χ1v) is 6.47. The lowest BCUT2D eigenvalue weighted by Gasteiger charge is -2.11. The van der Waals surface area contributed by atoms with Crippen LogP contribution in [-0.2, 0) is 6.54 Å². The van der Waals surface area contributed by atoms with Gasteiger partial charge in [-0.1, -0.05) is 28.1 Å². The van der Waals surface area contributed by atoms with E-state index in [0.717, 1.165) is 21.4 Å². The smallest absolute Gasteiger partial charge is 0.106 e. The fourth-order valence-corrected chi connectivity index (χ4v) is 2.03. The van der Waals surface area contributed by atoms with E-state index in [1.807, 2.05) is 30.3 Å². The van der Waals surface area contributed by atoms with Gasteiger partial charge in [-0.2, -0.15) is 10.2 Å². The van der Waals surface area contributed by atoms with Crippen LogP contribution in [0.15, 0.2) is 41.0 Å². The molecule has 0 atom stereocenters. The molecule has 0 saturated heterocycles. The zero-order valence-corrected chi connectivity index (χ0v) is 11.8. The summed E-state index contributed by atoms with van der Waals surface area (Å²) in [6, 6.07) is 9.47. The van der Waals surface area contributed by atoms with E-state index < -0.39 is 0 Å². The summed E-state index contributed by atoms with van der Waals surface area (Å²) in [4.78, 5) is 0.365. The number of nitrogens with zero attached hydrogens (tertiary/aromatic N) is 2. The monoisotopic (exact) mass is 322 g/mol. The van der Waals surface area contributed by atoms with E-state index in [0.29, 0.717) is 11.5 Å². The number of rotatable bonds is 4. The maximum atomic E-state index is 5.68. The molecule has 0 saturated carbocycles. The second kappa shape index (κ2) is 5.88. The lowest BCUT2D eigenvalue weighted by atomic mass is 10.1. The molecule has 0 fully saturated rings. The first-order valence-electron chi connectivity index (χ1n) is 5.26. The van der Waals surface area contributed by atoms with Gasteiger partial charge in [0.15, 0.2) is 0 Å². The number of hydrogen-bond acceptors (Lipinski definition) is 4. The number of halogens is 1. The molecule has 0 aliphatic carbocycles. The molecule has 0 bridgehead atoms. The van der Waals surface area contributed by atoms with Crippen molar-refractivity contribution in [3.8, 4) is 0 Å².